The molecular weight excluding hydrogens is 370 g/mol. The van der Waals surface area contributed by atoms with Crippen LogP contribution < -0.4 is 5.73 Å². The molecule has 0 saturated carbocycles. The van der Waals surface area contributed by atoms with Crippen LogP contribution in [0.3, 0.4) is 0 Å². The van der Waals surface area contributed by atoms with Crippen molar-refractivity contribution in [3.8, 4) is 0 Å². The molecular formula is C19H35NO8. The van der Waals surface area contributed by atoms with Crippen molar-refractivity contribution in [3.05, 3.63) is 0 Å². The molecule has 4 N–H and O–H groups in total. The van der Waals surface area contributed by atoms with Crippen LogP contribution in [-0.4, -0.2) is 66.2 Å². The lowest BCUT2D eigenvalue weighted by molar-refractivity contribution is -0.165. The van der Waals surface area contributed by atoms with E-state index < -0.39 is 36.2 Å². The SMILES string of the molecule is CC(=O)OCC(COC(C)=O)OC(=O)CCCCCCCC(O)C(O)CCN. The zero-order valence-corrected chi connectivity index (χ0v) is 16.9. The van der Waals surface area contributed by atoms with Crippen molar-refractivity contribution in [1.29, 1.82) is 0 Å². The van der Waals surface area contributed by atoms with Crippen LogP contribution in [0.5, 0.6) is 0 Å². The van der Waals surface area contributed by atoms with Gasteiger partial charge in [-0.2, -0.15) is 0 Å². The summed E-state index contributed by atoms with van der Waals surface area (Å²) in [7, 11) is 0. The van der Waals surface area contributed by atoms with Crippen molar-refractivity contribution in [3.63, 3.8) is 0 Å². The third-order valence-electron chi connectivity index (χ3n) is 4.03. The average Bonchev–Trinajstić information content (AvgIpc) is 2.62. The van der Waals surface area contributed by atoms with Gasteiger partial charge in [-0.15, -0.1) is 0 Å². The predicted molar refractivity (Wildman–Crippen MR) is 101 cm³/mol. The molecule has 0 amide bonds. The molecule has 0 aliphatic heterocycles. The Hall–Kier alpha value is -1.71. The lowest BCUT2D eigenvalue weighted by Crippen LogP contribution is -2.30. The molecule has 0 heterocycles. The van der Waals surface area contributed by atoms with Crippen molar-refractivity contribution in [2.75, 3.05) is 19.8 Å². The van der Waals surface area contributed by atoms with Crippen molar-refractivity contribution in [1.82, 2.24) is 0 Å². The van der Waals surface area contributed by atoms with Gasteiger partial charge in [0.25, 0.3) is 0 Å². The minimum atomic E-state index is -0.818. The van der Waals surface area contributed by atoms with Gasteiger partial charge >= 0.3 is 17.9 Å². The average molecular weight is 405 g/mol. The van der Waals surface area contributed by atoms with Gasteiger partial charge in [-0.3, -0.25) is 14.4 Å². The maximum Gasteiger partial charge on any atom is 0.306 e. The molecule has 0 aliphatic carbocycles. The van der Waals surface area contributed by atoms with Crippen molar-refractivity contribution < 1.29 is 38.8 Å². The fourth-order valence-corrected chi connectivity index (χ4v) is 2.49. The van der Waals surface area contributed by atoms with Crippen LogP contribution in [0.2, 0.25) is 0 Å². The van der Waals surface area contributed by atoms with E-state index in [2.05, 4.69) is 0 Å². The molecule has 0 rings (SSSR count). The lowest BCUT2D eigenvalue weighted by Gasteiger charge is -2.17. The maximum absolute atomic E-state index is 11.9. The number of aliphatic hydroxyl groups is 2. The minimum absolute atomic E-state index is 0.160. The van der Waals surface area contributed by atoms with E-state index in [9.17, 15) is 24.6 Å². The molecule has 9 nitrogen and oxygen atoms in total. The Bertz CT molecular complexity index is 439. The number of carbonyl (C=O) groups excluding carboxylic acids is 3. The van der Waals surface area contributed by atoms with E-state index in [-0.39, 0.29) is 19.6 Å². The molecule has 0 saturated heterocycles. The van der Waals surface area contributed by atoms with Crippen LogP contribution >= 0.6 is 0 Å². The number of ether oxygens (including phenoxy) is 3. The molecule has 0 aliphatic rings. The van der Waals surface area contributed by atoms with Gasteiger partial charge in [0.1, 0.15) is 13.2 Å². The summed E-state index contributed by atoms with van der Waals surface area (Å²) in [6.07, 6.45) is 2.85. The summed E-state index contributed by atoms with van der Waals surface area (Å²) >= 11 is 0. The zero-order valence-electron chi connectivity index (χ0n) is 16.9. The summed E-state index contributed by atoms with van der Waals surface area (Å²) in [6.45, 7) is 2.50. The van der Waals surface area contributed by atoms with Crippen LogP contribution in [0.15, 0.2) is 0 Å². The molecule has 0 radical (unpaired) electrons. The summed E-state index contributed by atoms with van der Waals surface area (Å²) in [5.74, 6) is -1.46. The molecule has 0 aromatic rings. The number of unbranched alkanes of at least 4 members (excludes halogenated alkanes) is 4. The van der Waals surface area contributed by atoms with E-state index >= 15 is 0 Å². The summed E-state index contributed by atoms with van der Waals surface area (Å²) < 4.78 is 14.8. The molecule has 2 atom stereocenters. The number of rotatable bonds is 16. The van der Waals surface area contributed by atoms with Gasteiger partial charge in [0.15, 0.2) is 6.10 Å². The van der Waals surface area contributed by atoms with Gasteiger partial charge in [0.2, 0.25) is 0 Å². The molecule has 0 aromatic heterocycles. The Labute approximate surface area is 166 Å². The third-order valence-corrected chi connectivity index (χ3v) is 4.03. The van der Waals surface area contributed by atoms with Gasteiger partial charge in [0, 0.05) is 20.3 Å². The summed E-state index contributed by atoms with van der Waals surface area (Å²) in [5, 5.41) is 19.3. The molecule has 28 heavy (non-hydrogen) atoms. The summed E-state index contributed by atoms with van der Waals surface area (Å²) in [5.41, 5.74) is 5.34. The highest BCUT2D eigenvalue weighted by Crippen LogP contribution is 2.12. The van der Waals surface area contributed by atoms with Gasteiger partial charge in [-0.25, -0.2) is 0 Å². The van der Waals surface area contributed by atoms with Gasteiger partial charge < -0.3 is 30.2 Å². The first-order chi connectivity index (χ1) is 13.3. The normalized spacial score (nSPS) is 13.1. The first kappa shape index (κ1) is 26.3. The van der Waals surface area contributed by atoms with E-state index in [0.717, 1.165) is 25.7 Å². The van der Waals surface area contributed by atoms with E-state index in [1.54, 1.807) is 0 Å². The van der Waals surface area contributed by atoms with E-state index in [1.807, 2.05) is 0 Å². The maximum atomic E-state index is 11.9. The fourth-order valence-electron chi connectivity index (χ4n) is 2.49. The number of esters is 3. The first-order valence-corrected chi connectivity index (χ1v) is 9.78. The molecule has 0 spiro atoms. The number of hydrogen-bond acceptors (Lipinski definition) is 9. The molecule has 0 bridgehead atoms. The Morgan fingerprint density at radius 1 is 0.821 bits per heavy atom. The van der Waals surface area contributed by atoms with Gasteiger partial charge in [0.05, 0.1) is 12.2 Å². The lowest BCUT2D eigenvalue weighted by atomic mass is 10.0. The first-order valence-electron chi connectivity index (χ1n) is 9.78. The van der Waals surface area contributed by atoms with Crippen molar-refractivity contribution >= 4 is 17.9 Å². The quantitative estimate of drug-likeness (QED) is 0.193. The molecule has 2 unspecified atom stereocenters. The second kappa shape index (κ2) is 16.3. The number of hydrogen-bond donors (Lipinski definition) is 3. The molecule has 9 heteroatoms. The van der Waals surface area contributed by atoms with E-state index in [4.69, 9.17) is 19.9 Å². The molecule has 0 fully saturated rings. The van der Waals surface area contributed by atoms with Crippen LogP contribution in [0, 0.1) is 0 Å². The second-order valence-corrected chi connectivity index (χ2v) is 6.74. The van der Waals surface area contributed by atoms with E-state index in [0.29, 0.717) is 25.8 Å². The number of nitrogens with two attached hydrogens (primary N) is 1. The van der Waals surface area contributed by atoms with Crippen LogP contribution in [0.25, 0.3) is 0 Å². The third kappa shape index (κ3) is 15.4. The Balaban J connectivity index is 3.89. The molecule has 0 aromatic carbocycles. The van der Waals surface area contributed by atoms with Crippen LogP contribution in [0.4, 0.5) is 0 Å². The predicted octanol–water partition coefficient (Wildman–Crippen LogP) is 0.826. The van der Waals surface area contributed by atoms with Gasteiger partial charge in [-0.05, 0) is 25.8 Å². The Morgan fingerprint density at radius 3 is 1.86 bits per heavy atom. The topological polar surface area (TPSA) is 145 Å². The second-order valence-electron chi connectivity index (χ2n) is 6.74. The summed E-state index contributed by atoms with van der Waals surface area (Å²) in [4.78, 5) is 33.6. The van der Waals surface area contributed by atoms with Crippen LogP contribution in [-0.2, 0) is 28.6 Å². The summed E-state index contributed by atoms with van der Waals surface area (Å²) in [6, 6.07) is 0. The Kier molecular flexibility index (Phi) is 15.3. The largest absolute Gasteiger partial charge is 0.462 e. The smallest absolute Gasteiger partial charge is 0.306 e. The monoisotopic (exact) mass is 405 g/mol. The van der Waals surface area contributed by atoms with Crippen molar-refractivity contribution in [2.24, 2.45) is 5.73 Å². The highest BCUT2D eigenvalue weighted by Gasteiger charge is 2.18. The zero-order chi connectivity index (χ0) is 21.4. The highest BCUT2D eigenvalue weighted by atomic mass is 16.6. The fraction of sp³-hybridized carbons (Fsp3) is 0.842. The minimum Gasteiger partial charge on any atom is -0.462 e. The van der Waals surface area contributed by atoms with Crippen LogP contribution in [0.1, 0.15) is 65.2 Å². The standard InChI is InChI=1S/C19H35NO8/c1-14(21)26-12-16(13-27-15(2)22)28-19(25)9-7-5-3-4-6-8-17(23)18(24)10-11-20/h16-18,23-24H,3-13,20H2,1-2H3. The highest BCUT2D eigenvalue weighted by molar-refractivity contribution is 5.70. The number of aliphatic hydroxyl groups excluding tert-OH is 2. The van der Waals surface area contributed by atoms with Crippen molar-refractivity contribution in [2.45, 2.75) is 83.5 Å². The number of carbonyl (C=O) groups is 3. The Morgan fingerprint density at radius 2 is 1.32 bits per heavy atom. The van der Waals surface area contributed by atoms with Gasteiger partial charge in [-0.1, -0.05) is 25.7 Å². The molecule has 164 valence electrons. The van der Waals surface area contributed by atoms with E-state index in [1.165, 1.54) is 13.8 Å².